The van der Waals surface area contributed by atoms with E-state index in [1.165, 1.54) is 147 Å². The summed E-state index contributed by atoms with van der Waals surface area (Å²) < 4.78 is 16.4. The van der Waals surface area contributed by atoms with Gasteiger partial charge in [0, 0.05) is 48.4 Å². The first-order chi connectivity index (χ1) is 32.2. The first-order valence-corrected chi connectivity index (χ1v) is 27.2. The number of rotatable bonds is 42. The number of carbonyl (C=O) groups is 5. The number of anilines is 1. The van der Waals surface area contributed by atoms with Gasteiger partial charge < -0.3 is 24.8 Å². The molecule has 2 rings (SSSR count). The molecule has 2 amide bonds. The van der Waals surface area contributed by atoms with Crippen molar-refractivity contribution in [2.24, 2.45) is 0 Å². The van der Waals surface area contributed by atoms with Crippen LogP contribution in [0.2, 0.25) is 0 Å². The van der Waals surface area contributed by atoms with Crippen LogP contribution in [0.25, 0.3) is 0 Å². The summed E-state index contributed by atoms with van der Waals surface area (Å²) in [6, 6.07) is 15.0. The molecule has 0 fully saturated rings. The average molecular weight is 937 g/mol. The standard InChI is InChI=1S/C55H88N2O8S/c1-4-6-8-10-12-14-16-18-20-22-24-26-31-35-52(59)64-44-49(65-53(60)36-32-27-25-23-21-19-17-15-13-11-9-7-5-2)45-66-42-41-51(58)56-48-39-37-47(38-40-48)54(61)57-50(55(62)63-3)43-46-33-29-28-30-34-46/h28-30,33-34,37-40,49-50H,4-27,31-32,35-36,41-45H2,1-3H3,(H,56,58)(H,57,61)/t49?,50-/m0/s1. The van der Waals surface area contributed by atoms with Gasteiger partial charge in [0.25, 0.3) is 5.91 Å². The summed E-state index contributed by atoms with van der Waals surface area (Å²) >= 11 is 1.48. The highest BCUT2D eigenvalue weighted by atomic mass is 32.2. The summed E-state index contributed by atoms with van der Waals surface area (Å²) in [6.45, 7) is 4.52. The van der Waals surface area contributed by atoms with Gasteiger partial charge in [-0.25, -0.2) is 4.79 Å². The number of benzene rings is 2. The molecule has 2 atom stereocenters. The monoisotopic (exact) mass is 937 g/mol. The zero-order valence-corrected chi connectivity index (χ0v) is 42.2. The molecule has 0 aromatic heterocycles. The van der Waals surface area contributed by atoms with Gasteiger partial charge in [0.15, 0.2) is 0 Å². The van der Waals surface area contributed by atoms with Gasteiger partial charge in [-0.2, -0.15) is 11.8 Å². The van der Waals surface area contributed by atoms with Gasteiger partial charge >= 0.3 is 17.9 Å². The highest BCUT2D eigenvalue weighted by Crippen LogP contribution is 2.18. The van der Waals surface area contributed by atoms with Crippen molar-refractivity contribution in [3.05, 3.63) is 65.7 Å². The zero-order valence-electron chi connectivity index (χ0n) is 41.4. The minimum Gasteiger partial charge on any atom is -0.467 e. The van der Waals surface area contributed by atoms with Gasteiger partial charge in [0.2, 0.25) is 5.91 Å². The van der Waals surface area contributed by atoms with Crippen LogP contribution in [0.15, 0.2) is 54.6 Å². The smallest absolute Gasteiger partial charge is 0.328 e. The van der Waals surface area contributed by atoms with Gasteiger partial charge in [-0.1, -0.05) is 198 Å². The fourth-order valence-corrected chi connectivity index (χ4v) is 8.85. The molecule has 0 heterocycles. The maximum absolute atomic E-state index is 13.0. The van der Waals surface area contributed by atoms with Crippen molar-refractivity contribution >= 4 is 47.2 Å². The SMILES string of the molecule is CCCCCCCCCCCCCCCC(=O)OCC(CSCCC(=O)Nc1ccc(C(=O)N[C@@H](Cc2ccccc2)C(=O)OC)cc1)OC(=O)CCCCCCCCCCCCCCC. The van der Waals surface area contributed by atoms with E-state index in [0.717, 1.165) is 44.1 Å². The summed E-state index contributed by atoms with van der Waals surface area (Å²) in [5, 5.41) is 5.62. The van der Waals surface area contributed by atoms with Crippen LogP contribution in [0.1, 0.15) is 216 Å². The normalized spacial score (nSPS) is 12.0. The number of amides is 2. The molecule has 0 aliphatic heterocycles. The number of carbonyl (C=O) groups excluding carboxylic acids is 5. The van der Waals surface area contributed by atoms with E-state index in [2.05, 4.69) is 24.5 Å². The van der Waals surface area contributed by atoms with E-state index in [0.29, 0.717) is 42.0 Å². The minimum atomic E-state index is -0.852. The van der Waals surface area contributed by atoms with E-state index in [1.807, 2.05) is 30.3 Å². The van der Waals surface area contributed by atoms with Crippen molar-refractivity contribution < 1.29 is 38.2 Å². The average Bonchev–Trinajstić information content (AvgIpc) is 3.32. The Morgan fingerprint density at radius 3 is 1.52 bits per heavy atom. The van der Waals surface area contributed by atoms with Crippen molar-refractivity contribution in [2.45, 2.75) is 219 Å². The van der Waals surface area contributed by atoms with E-state index in [1.54, 1.807) is 24.3 Å². The maximum atomic E-state index is 13.0. The molecule has 2 aromatic carbocycles. The molecule has 0 aliphatic rings. The van der Waals surface area contributed by atoms with Crippen LogP contribution in [-0.4, -0.2) is 67.1 Å². The number of hydrogen-bond donors (Lipinski definition) is 2. The van der Waals surface area contributed by atoms with Crippen LogP contribution >= 0.6 is 11.8 Å². The first kappa shape index (κ1) is 58.3. The zero-order chi connectivity index (χ0) is 47.7. The predicted octanol–water partition coefficient (Wildman–Crippen LogP) is 13.7. The Labute approximate surface area is 404 Å². The third-order valence-electron chi connectivity index (χ3n) is 12.0. The van der Waals surface area contributed by atoms with E-state index < -0.39 is 24.0 Å². The Bertz CT molecular complexity index is 1560. The van der Waals surface area contributed by atoms with Gasteiger partial charge in [-0.15, -0.1) is 0 Å². The molecule has 11 heteroatoms. The third kappa shape index (κ3) is 31.2. The highest BCUT2D eigenvalue weighted by molar-refractivity contribution is 7.99. The van der Waals surface area contributed by atoms with Crippen molar-refractivity contribution in [1.29, 1.82) is 0 Å². The second-order valence-electron chi connectivity index (χ2n) is 18.0. The van der Waals surface area contributed by atoms with Gasteiger partial charge in [0.1, 0.15) is 18.8 Å². The maximum Gasteiger partial charge on any atom is 0.328 e. The van der Waals surface area contributed by atoms with Crippen molar-refractivity contribution in [3.8, 4) is 0 Å². The minimum absolute atomic E-state index is 0.00732. The summed E-state index contributed by atoms with van der Waals surface area (Å²) in [7, 11) is 1.29. The van der Waals surface area contributed by atoms with Crippen LogP contribution in [0.4, 0.5) is 5.69 Å². The molecule has 1 unspecified atom stereocenters. The molecule has 0 saturated carbocycles. The Hall–Kier alpha value is -3.86. The van der Waals surface area contributed by atoms with Crippen LogP contribution in [0.5, 0.6) is 0 Å². The lowest BCUT2D eigenvalue weighted by Gasteiger charge is -2.18. The second kappa shape index (κ2) is 40.2. The number of esters is 3. The van der Waals surface area contributed by atoms with E-state index in [4.69, 9.17) is 14.2 Å². The number of hydrogen-bond acceptors (Lipinski definition) is 9. The van der Waals surface area contributed by atoms with Gasteiger partial charge in [-0.3, -0.25) is 19.2 Å². The molecule has 0 bridgehead atoms. The highest BCUT2D eigenvalue weighted by Gasteiger charge is 2.23. The molecule has 2 aromatic rings. The molecule has 66 heavy (non-hydrogen) atoms. The molecule has 2 N–H and O–H groups in total. The molecular formula is C55H88N2O8S. The molecule has 372 valence electrons. The largest absolute Gasteiger partial charge is 0.467 e. The van der Waals surface area contributed by atoms with E-state index >= 15 is 0 Å². The molecule has 0 aliphatic carbocycles. The Morgan fingerprint density at radius 1 is 0.561 bits per heavy atom. The lowest BCUT2D eigenvalue weighted by Crippen LogP contribution is -2.43. The Morgan fingerprint density at radius 2 is 1.03 bits per heavy atom. The van der Waals surface area contributed by atoms with Crippen LogP contribution in [0.3, 0.4) is 0 Å². The second-order valence-corrected chi connectivity index (χ2v) is 19.1. The molecule has 0 radical (unpaired) electrons. The van der Waals surface area contributed by atoms with E-state index in [9.17, 15) is 24.0 Å². The van der Waals surface area contributed by atoms with E-state index in [-0.39, 0.29) is 30.9 Å². The predicted molar refractivity (Wildman–Crippen MR) is 272 cm³/mol. The summed E-state index contributed by atoms with van der Waals surface area (Å²) in [6.07, 6.45) is 32.8. The number of methoxy groups -OCH3 is 1. The quantitative estimate of drug-likeness (QED) is 0.0379. The fourth-order valence-electron chi connectivity index (χ4n) is 7.93. The van der Waals surface area contributed by atoms with Crippen LogP contribution in [-0.2, 0) is 39.8 Å². The topological polar surface area (TPSA) is 137 Å². The lowest BCUT2D eigenvalue weighted by molar-refractivity contribution is -0.157. The van der Waals surface area contributed by atoms with Crippen LogP contribution in [0, 0.1) is 0 Å². The Balaban J connectivity index is 1.75. The molecule has 10 nitrogen and oxygen atoms in total. The summed E-state index contributed by atoms with van der Waals surface area (Å²) in [5.41, 5.74) is 1.76. The van der Waals surface area contributed by atoms with Gasteiger partial charge in [0.05, 0.1) is 7.11 Å². The third-order valence-corrected chi connectivity index (χ3v) is 13.1. The number of unbranched alkanes of at least 4 members (excludes halogenated alkanes) is 24. The number of ether oxygens (including phenoxy) is 3. The first-order valence-electron chi connectivity index (χ1n) is 26.0. The Kier molecular flexibility index (Phi) is 35.5. The lowest BCUT2D eigenvalue weighted by atomic mass is 10.0. The van der Waals surface area contributed by atoms with Crippen LogP contribution < -0.4 is 10.6 Å². The van der Waals surface area contributed by atoms with Crippen molar-refractivity contribution in [2.75, 3.05) is 30.5 Å². The van der Waals surface area contributed by atoms with Gasteiger partial charge in [-0.05, 0) is 42.7 Å². The molecule has 0 saturated heterocycles. The molecular weight excluding hydrogens is 849 g/mol. The van der Waals surface area contributed by atoms with Crippen molar-refractivity contribution in [3.63, 3.8) is 0 Å². The summed E-state index contributed by atoms with van der Waals surface area (Å²) in [4.78, 5) is 63.9. The summed E-state index contributed by atoms with van der Waals surface area (Å²) in [5.74, 6) is -0.826. The number of nitrogens with one attached hydrogen (secondary N) is 2. The fraction of sp³-hybridized carbons (Fsp3) is 0.691. The molecule has 0 spiro atoms. The number of thioether (sulfide) groups is 1. The van der Waals surface area contributed by atoms with Crippen molar-refractivity contribution in [1.82, 2.24) is 5.32 Å².